The Morgan fingerprint density at radius 1 is 1.03 bits per heavy atom. The first kappa shape index (κ1) is 19.5. The molecule has 4 fully saturated rings. The molecule has 0 aromatic carbocycles. The molecule has 1 unspecified atom stereocenters. The predicted molar refractivity (Wildman–Crippen MR) is 114 cm³/mol. The third-order valence-electron chi connectivity index (χ3n) is 10.6. The van der Waals surface area contributed by atoms with Gasteiger partial charge in [0, 0.05) is 22.7 Å². The number of fused-ring (bicyclic) bond motifs is 7. The lowest BCUT2D eigenvalue weighted by atomic mass is 9.45. The van der Waals surface area contributed by atoms with Gasteiger partial charge >= 0.3 is 0 Å². The van der Waals surface area contributed by atoms with E-state index in [1.165, 1.54) is 24.8 Å². The summed E-state index contributed by atoms with van der Waals surface area (Å²) in [4.78, 5) is 3.85. The van der Waals surface area contributed by atoms with E-state index in [1.54, 1.807) is 0 Å². The first-order valence-electron chi connectivity index (χ1n) is 12.2. The SMILES string of the molecule is [C-]#[N+]C1=C[C@@]2(C)C(=CC[C@@H]3[C@@H]2CC[C@@]2(C)[C@H]3CCC23OCCO3)C2(CCCC2)C1O. The van der Waals surface area contributed by atoms with Crippen LogP contribution in [0.25, 0.3) is 4.85 Å². The zero-order valence-corrected chi connectivity index (χ0v) is 18.5. The van der Waals surface area contributed by atoms with Crippen LogP contribution < -0.4 is 0 Å². The van der Waals surface area contributed by atoms with Crippen LogP contribution in [0, 0.1) is 40.6 Å². The number of aliphatic hydroxyl groups excluding tert-OH is 1. The maximum atomic E-state index is 11.2. The molecule has 0 amide bonds. The van der Waals surface area contributed by atoms with E-state index >= 15 is 0 Å². The van der Waals surface area contributed by atoms with Gasteiger partial charge in [-0.15, -0.1) is 0 Å². The van der Waals surface area contributed by atoms with Crippen LogP contribution in [0.3, 0.4) is 0 Å². The molecule has 0 radical (unpaired) electrons. The Kier molecular flexibility index (Phi) is 4.04. The molecule has 0 bridgehead atoms. The van der Waals surface area contributed by atoms with Gasteiger partial charge in [-0.25, -0.2) is 4.85 Å². The Bertz CT molecular complexity index is 856. The van der Waals surface area contributed by atoms with Gasteiger partial charge in [0.05, 0.1) is 25.9 Å². The summed E-state index contributed by atoms with van der Waals surface area (Å²) < 4.78 is 12.6. The normalized spacial score (nSPS) is 47.9. The maximum absolute atomic E-state index is 11.2. The average Bonchev–Trinajstić information content (AvgIpc) is 3.47. The minimum atomic E-state index is -0.614. The van der Waals surface area contributed by atoms with Gasteiger partial charge in [-0.3, -0.25) is 0 Å². The van der Waals surface area contributed by atoms with Crippen LogP contribution in [0.4, 0.5) is 0 Å². The summed E-state index contributed by atoms with van der Waals surface area (Å²) >= 11 is 0. The molecule has 0 aromatic heterocycles. The largest absolute Gasteiger partial charge is 0.398 e. The molecule has 162 valence electrons. The summed E-state index contributed by atoms with van der Waals surface area (Å²) in [6.07, 6.45) is 14.1. The van der Waals surface area contributed by atoms with E-state index in [0.717, 1.165) is 51.7 Å². The Hall–Kier alpha value is -1.15. The summed E-state index contributed by atoms with van der Waals surface area (Å²) in [5.41, 5.74) is 1.89. The van der Waals surface area contributed by atoms with Crippen LogP contribution in [0.15, 0.2) is 23.4 Å². The van der Waals surface area contributed by atoms with E-state index in [1.807, 2.05) is 0 Å². The Morgan fingerprint density at radius 2 is 1.73 bits per heavy atom. The van der Waals surface area contributed by atoms with Gasteiger partial charge < -0.3 is 14.6 Å². The number of hydrogen-bond donors (Lipinski definition) is 1. The van der Waals surface area contributed by atoms with Crippen LogP contribution in [0.1, 0.15) is 71.6 Å². The van der Waals surface area contributed by atoms with E-state index in [-0.39, 0.29) is 22.0 Å². The average molecular weight is 410 g/mol. The molecule has 1 heterocycles. The molecule has 1 N–H and O–H groups in total. The van der Waals surface area contributed by atoms with Crippen molar-refractivity contribution in [2.45, 2.75) is 83.5 Å². The first-order chi connectivity index (χ1) is 14.4. The van der Waals surface area contributed by atoms with Crippen molar-refractivity contribution in [3.05, 3.63) is 34.8 Å². The Morgan fingerprint density at radius 3 is 2.43 bits per heavy atom. The number of hydrogen-bond acceptors (Lipinski definition) is 3. The fraction of sp³-hybridized carbons (Fsp3) is 0.808. The van der Waals surface area contributed by atoms with Crippen molar-refractivity contribution in [1.82, 2.24) is 0 Å². The zero-order chi connectivity index (χ0) is 20.8. The molecular formula is C26H35NO3. The number of rotatable bonds is 0. The van der Waals surface area contributed by atoms with Crippen molar-refractivity contribution in [3.8, 4) is 0 Å². The molecule has 5 aliphatic carbocycles. The van der Waals surface area contributed by atoms with Crippen molar-refractivity contribution in [2.75, 3.05) is 13.2 Å². The minimum Gasteiger partial charge on any atom is -0.398 e. The minimum absolute atomic E-state index is 0.0952. The van der Waals surface area contributed by atoms with Gasteiger partial charge in [-0.05, 0) is 56.3 Å². The van der Waals surface area contributed by atoms with Gasteiger partial charge in [0.15, 0.2) is 11.5 Å². The quantitative estimate of drug-likeness (QED) is 0.439. The first-order valence-corrected chi connectivity index (χ1v) is 12.2. The smallest absolute Gasteiger partial charge is 0.191 e. The lowest BCUT2D eigenvalue weighted by Crippen LogP contribution is -2.56. The topological polar surface area (TPSA) is 43.0 Å². The number of ether oxygens (including phenoxy) is 2. The van der Waals surface area contributed by atoms with Crippen LogP contribution >= 0.6 is 0 Å². The van der Waals surface area contributed by atoms with Gasteiger partial charge in [0.25, 0.3) is 0 Å². The van der Waals surface area contributed by atoms with Gasteiger partial charge in [-0.2, -0.15) is 0 Å². The monoisotopic (exact) mass is 409 g/mol. The molecule has 30 heavy (non-hydrogen) atoms. The molecule has 1 aliphatic heterocycles. The second-order valence-electron chi connectivity index (χ2n) is 11.4. The molecule has 4 heteroatoms. The summed E-state index contributed by atoms with van der Waals surface area (Å²) in [6.45, 7) is 14.1. The maximum Gasteiger partial charge on any atom is 0.191 e. The highest BCUT2D eigenvalue weighted by molar-refractivity contribution is 5.45. The van der Waals surface area contributed by atoms with Crippen molar-refractivity contribution < 1.29 is 14.6 Å². The zero-order valence-electron chi connectivity index (χ0n) is 18.5. The number of allylic oxidation sites excluding steroid dienone is 2. The second kappa shape index (κ2) is 6.21. The summed E-state index contributed by atoms with van der Waals surface area (Å²) in [5.74, 6) is 1.41. The van der Waals surface area contributed by atoms with E-state index < -0.39 is 6.10 Å². The van der Waals surface area contributed by atoms with Crippen molar-refractivity contribution in [3.63, 3.8) is 0 Å². The summed E-state index contributed by atoms with van der Waals surface area (Å²) in [6, 6.07) is 0. The van der Waals surface area contributed by atoms with E-state index in [9.17, 15) is 5.11 Å². The molecule has 6 rings (SSSR count). The number of aliphatic hydroxyl groups is 1. The molecule has 6 aliphatic rings. The Labute approximate surface area is 180 Å². The van der Waals surface area contributed by atoms with Crippen molar-refractivity contribution >= 4 is 0 Å². The molecule has 6 atom stereocenters. The van der Waals surface area contributed by atoms with Crippen LogP contribution in [-0.2, 0) is 9.47 Å². The third kappa shape index (κ3) is 2.13. The lowest BCUT2D eigenvalue weighted by molar-refractivity contribution is -0.241. The summed E-state index contributed by atoms with van der Waals surface area (Å²) in [7, 11) is 0. The highest BCUT2D eigenvalue weighted by Gasteiger charge is 2.67. The predicted octanol–water partition coefficient (Wildman–Crippen LogP) is 5.25. The molecule has 0 aromatic rings. The van der Waals surface area contributed by atoms with Gasteiger partial charge in [0.1, 0.15) is 0 Å². The standard InChI is InChI=1S/C26H35NO3/c1-23-16-20(27-3)22(28)25(10-4-5-11-25)21(23)7-6-17-18(23)8-12-24(2)19(17)9-13-26(24)29-14-15-30-26/h7,16-19,22,28H,4-6,8-15H2,1-2H3/t17-,18+,19+,22?,23-,24+/m1/s1. The van der Waals surface area contributed by atoms with Crippen LogP contribution in [0.2, 0.25) is 0 Å². The van der Waals surface area contributed by atoms with E-state index in [4.69, 9.17) is 16.0 Å². The molecular weight excluding hydrogens is 374 g/mol. The van der Waals surface area contributed by atoms with Gasteiger partial charge in [0.2, 0.25) is 0 Å². The summed E-state index contributed by atoms with van der Waals surface area (Å²) in [5, 5.41) is 11.2. The highest BCUT2D eigenvalue weighted by Crippen LogP contribution is 2.70. The van der Waals surface area contributed by atoms with E-state index in [2.05, 4.69) is 30.8 Å². The number of nitrogens with zero attached hydrogens (tertiary/aromatic N) is 1. The van der Waals surface area contributed by atoms with Crippen LogP contribution in [0.5, 0.6) is 0 Å². The lowest BCUT2D eigenvalue weighted by Gasteiger charge is -2.60. The fourth-order valence-corrected chi connectivity index (χ4v) is 9.30. The third-order valence-corrected chi connectivity index (χ3v) is 10.6. The van der Waals surface area contributed by atoms with Crippen LogP contribution in [-0.4, -0.2) is 30.2 Å². The molecule has 1 saturated heterocycles. The molecule has 3 saturated carbocycles. The van der Waals surface area contributed by atoms with E-state index in [0.29, 0.717) is 23.5 Å². The molecule has 4 nitrogen and oxygen atoms in total. The molecule has 2 spiro atoms. The van der Waals surface area contributed by atoms with Crippen molar-refractivity contribution in [2.24, 2.45) is 34.0 Å². The second-order valence-corrected chi connectivity index (χ2v) is 11.4. The fourth-order valence-electron chi connectivity index (χ4n) is 9.30. The Balaban J connectivity index is 1.44. The highest BCUT2D eigenvalue weighted by atomic mass is 16.7. The van der Waals surface area contributed by atoms with Gasteiger partial charge in [-0.1, -0.05) is 44.4 Å². The van der Waals surface area contributed by atoms with Crippen molar-refractivity contribution in [1.29, 1.82) is 0 Å².